The van der Waals surface area contributed by atoms with Crippen molar-refractivity contribution in [3.63, 3.8) is 0 Å². The second-order valence-corrected chi connectivity index (χ2v) is 3.19. The van der Waals surface area contributed by atoms with Crippen LogP contribution < -0.4 is 4.74 Å². The first-order valence-electron chi connectivity index (χ1n) is 5.14. The Kier molecular flexibility index (Phi) is 4.87. The normalized spacial score (nSPS) is 11.8. The molecule has 0 aliphatic carbocycles. The van der Waals surface area contributed by atoms with E-state index in [-0.39, 0.29) is 17.9 Å². The molecule has 0 aromatic heterocycles. The maximum atomic E-state index is 11.3. The van der Waals surface area contributed by atoms with Gasteiger partial charge in [-0.25, -0.2) is 0 Å². The standard InChI is InChI=1S/C12H14N2O3/c1-3-12(16)11(8-15)14-13-9-4-6-10(17-2)7-5-9/h4-8,15H,3H2,1-2H3. The minimum absolute atomic E-state index is 0.0525. The van der Waals surface area contributed by atoms with Gasteiger partial charge in [-0.3, -0.25) is 4.79 Å². The fourth-order valence-corrected chi connectivity index (χ4v) is 1.10. The van der Waals surface area contributed by atoms with Gasteiger partial charge in [-0.2, -0.15) is 5.11 Å². The molecule has 0 bridgehead atoms. The van der Waals surface area contributed by atoms with Crippen molar-refractivity contribution in [1.82, 2.24) is 0 Å². The summed E-state index contributed by atoms with van der Waals surface area (Å²) in [7, 11) is 1.57. The van der Waals surface area contributed by atoms with E-state index in [1.165, 1.54) is 0 Å². The molecule has 90 valence electrons. The molecule has 0 heterocycles. The summed E-state index contributed by atoms with van der Waals surface area (Å²) in [6, 6.07) is 6.87. The number of azo groups is 1. The molecular formula is C12H14N2O3. The lowest BCUT2D eigenvalue weighted by Gasteiger charge is -1.98. The highest BCUT2D eigenvalue weighted by molar-refractivity contribution is 5.94. The summed E-state index contributed by atoms with van der Waals surface area (Å²) < 4.78 is 4.99. The van der Waals surface area contributed by atoms with Gasteiger partial charge in [0, 0.05) is 6.42 Å². The topological polar surface area (TPSA) is 71.2 Å². The van der Waals surface area contributed by atoms with Gasteiger partial charge < -0.3 is 9.84 Å². The predicted molar refractivity (Wildman–Crippen MR) is 63.5 cm³/mol. The number of rotatable bonds is 5. The molecule has 0 saturated heterocycles. The van der Waals surface area contributed by atoms with Crippen molar-refractivity contribution in [2.45, 2.75) is 13.3 Å². The largest absolute Gasteiger partial charge is 0.513 e. The van der Waals surface area contributed by atoms with Crippen LogP contribution in [0.1, 0.15) is 13.3 Å². The number of ketones is 1. The first-order chi connectivity index (χ1) is 8.21. The molecule has 0 aliphatic rings. The number of carbonyl (C=O) groups excluding carboxylic acids is 1. The fraction of sp³-hybridized carbons (Fsp3) is 0.250. The third-order valence-electron chi connectivity index (χ3n) is 2.07. The highest BCUT2D eigenvalue weighted by Crippen LogP contribution is 2.18. The maximum Gasteiger partial charge on any atom is 0.185 e. The van der Waals surface area contributed by atoms with E-state index in [4.69, 9.17) is 9.84 Å². The summed E-state index contributed by atoms with van der Waals surface area (Å²) in [6.45, 7) is 1.69. The molecule has 1 N–H and O–H groups in total. The van der Waals surface area contributed by atoms with Crippen molar-refractivity contribution >= 4 is 11.5 Å². The smallest absolute Gasteiger partial charge is 0.185 e. The molecule has 5 nitrogen and oxygen atoms in total. The quantitative estimate of drug-likeness (QED) is 0.483. The fourth-order valence-electron chi connectivity index (χ4n) is 1.10. The SMILES string of the molecule is CCC(=O)C(=CO)N=Nc1ccc(OC)cc1. The van der Waals surface area contributed by atoms with Crippen LogP contribution in [-0.4, -0.2) is 18.0 Å². The van der Waals surface area contributed by atoms with Crippen molar-refractivity contribution in [2.24, 2.45) is 10.2 Å². The van der Waals surface area contributed by atoms with E-state index < -0.39 is 0 Å². The third kappa shape index (κ3) is 3.71. The molecule has 0 radical (unpaired) electrons. The van der Waals surface area contributed by atoms with Gasteiger partial charge in [-0.05, 0) is 24.3 Å². The van der Waals surface area contributed by atoms with Gasteiger partial charge in [0.15, 0.2) is 11.5 Å². The minimum Gasteiger partial charge on any atom is -0.513 e. The Morgan fingerprint density at radius 1 is 1.41 bits per heavy atom. The number of ether oxygens (including phenoxy) is 1. The van der Waals surface area contributed by atoms with Crippen LogP contribution in [0.3, 0.4) is 0 Å². The van der Waals surface area contributed by atoms with Crippen molar-refractivity contribution < 1.29 is 14.6 Å². The van der Waals surface area contributed by atoms with E-state index in [2.05, 4.69) is 10.2 Å². The minimum atomic E-state index is -0.259. The molecular weight excluding hydrogens is 220 g/mol. The molecule has 0 aliphatic heterocycles. The van der Waals surface area contributed by atoms with Gasteiger partial charge in [0.05, 0.1) is 12.8 Å². The molecule has 0 unspecified atom stereocenters. The number of nitrogens with zero attached hydrogens (tertiary/aromatic N) is 2. The zero-order chi connectivity index (χ0) is 12.7. The van der Waals surface area contributed by atoms with Crippen molar-refractivity contribution in [3.8, 4) is 5.75 Å². The number of methoxy groups -OCH3 is 1. The molecule has 1 aromatic carbocycles. The summed E-state index contributed by atoms with van der Waals surface area (Å²) in [4.78, 5) is 11.3. The summed E-state index contributed by atoms with van der Waals surface area (Å²) >= 11 is 0. The molecule has 0 saturated carbocycles. The zero-order valence-electron chi connectivity index (χ0n) is 9.75. The number of carbonyl (C=O) groups is 1. The lowest BCUT2D eigenvalue weighted by Crippen LogP contribution is -1.97. The van der Waals surface area contributed by atoms with Crippen LogP contribution in [0.5, 0.6) is 5.75 Å². The maximum absolute atomic E-state index is 11.3. The highest BCUT2D eigenvalue weighted by Gasteiger charge is 2.05. The molecule has 0 atom stereocenters. The van der Waals surface area contributed by atoms with E-state index >= 15 is 0 Å². The zero-order valence-corrected chi connectivity index (χ0v) is 9.75. The van der Waals surface area contributed by atoms with Gasteiger partial charge in [0.2, 0.25) is 0 Å². The van der Waals surface area contributed by atoms with Crippen LogP contribution >= 0.6 is 0 Å². The highest BCUT2D eigenvalue weighted by atomic mass is 16.5. The van der Waals surface area contributed by atoms with Crippen LogP contribution in [0.4, 0.5) is 5.69 Å². The molecule has 0 amide bonds. The van der Waals surface area contributed by atoms with E-state index in [1.54, 1.807) is 38.3 Å². The summed E-state index contributed by atoms with van der Waals surface area (Å²) in [5.74, 6) is 0.455. The number of hydrogen-bond acceptors (Lipinski definition) is 5. The third-order valence-corrected chi connectivity index (χ3v) is 2.07. The van der Waals surface area contributed by atoms with E-state index in [9.17, 15) is 4.79 Å². The van der Waals surface area contributed by atoms with Crippen molar-refractivity contribution in [2.75, 3.05) is 7.11 Å². The number of allylic oxidation sites excluding steroid dienone is 1. The summed E-state index contributed by atoms with van der Waals surface area (Å²) in [5, 5.41) is 16.4. The summed E-state index contributed by atoms with van der Waals surface area (Å²) in [6.07, 6.45) is 0.937. The molecule has 1 rings (SSSR count). The van der Waals surface area contributed by atoms with Crippen LogP contribution in [0, 0.1) is 0 Å². The lowest BCUT2D eigenvalue weighted by atomic mass is 10.2. The number of aliphatic hydroxyl groups is 1. The van der Waals surface area contributed by atoms with Gasteiger partial charge >= 0.3 is 0 Å². The second kappa shape index (κ2) is 6.42. The first kappa shape index (κ1) is 12.9. The Hall–Kier alpha value is -2.17. The Morgan fingerprint density at radius 2 is 2.06 bits per heavy atom. The Bertz CT molecular complexity index is 436. The number of benzene rings is 1. The van der Waals surface area contributed by atoms with E-state index in [0.29, 0.717) is 17.7 Å². The Labute approximate surface area is 99.4 Å². The number of aliphatic hydroxyl groups excluding tert-OH is 1. The molecule has 1 aromatic rings. The Balaban J connectivity index is 2.78. The van der Waals surface area contributed by atoms with Gasteiger partial charge in [0.1, 0.15) is 12.0 Å². The average molecular weight is 234 g/mol. The first-order valence-corrected chi connectivity index (χ1v) is 5.14. The van der Waals surface area contributed by atoms with Crippen LogP contribution in [-0.2, 0) is 4.79 Å². The molecule has 0 fully saturated rings. The van der Waals surface area contributed by atoms with Crippen molar-refractivity contribution in [1.29, 1.82) is 0 Å². The summed E-state index contributed by atoms with van der Waals surface area (Å²) in [5.41, 5.74) is 0.525. The van der Waals surface area contributed by atoms with Crippen LogP contribution in [0.25, 0.3) is 0 Å². The molecule has 0 spiro atoms. The van der Waals surface area contributed by atoms with Gasteiger partial charge in [-0.1, -0.05) is 6.92 Å². The predicted octanol–water partition coefficient (Wildman–Crippen LogP) is 3.16. The second-order valence-electron chi connectivity index (χ2n) is 3.19. The van der Waals surface area contributed by atoms with Gasteiger partial charge in [-0.15, -0.1) is 5.11 Å². The number of hydrogen-bond donors (Lipinski definition) is 1. The van der Waals surface area contributed by atoms with Crippen LogP contribution in [0.2, 0.25) is 0 Å². The lowest BCUT2D eigenvalue weighted by molar-refractivity contribution is -0.115. The van der Waals surface area contributed by atoms with E-state index in [0.717, 1.165) is 0 Å². The number of Topliss-reactive ketones (excluding diaryl/α,β-unsaturated/α-hetero) is 1. The van der Waals surface area contributed by atoms with Gasteiger partial charge in [0.25, 0.3) is 0 Å². The molecule has 5 heteroatoms. The Morgan fingerprint density at radius 3 is 2.53 bits per heavy atom. The van der Waals surface area contributed by atoms with Crippen molar-refractivity contribution in [3.05, 3.63) is 36.2 Å². The monoisotopic (exact) mass is 234 g/mol. The van der Waals surface area contributed by atoms with E-state index in [1.807, 2.05) is 0 Å². The average Bonchev–Trinajstić information content (AvgIpc) is 2.39. The molecule has 17 heavy (non-hydrogen) atoms. The van der Waals surface area contributed by atoms with Crippen LogP contribution in [0.15, 0.2) is 46.5 Å².